The van der Waals surface area contributed by atoms with Gasteiger partial charge in [-0.25, -0.2) is 4.98 Å². The Labute approximate surface area is 125 Å². The van der Waals surface area contributed by atoms with Crippen LogP contribution < -0.4 is 5.32 Å². The number of hydrogen-bond acceptors (Lipinski definition) is 2. The molecule has 0 unspecified atom stereocenters. The molecule has 2 heterocycles. The van der Waals surface area contributed by atoms with Crippen LogP contribution in [-0.4, -0.2) is 15.5 Å². The lowest BCUT2D eigenvalue weighted by atomic mass is 10.0. The molecule has 0 aliphatic carbocycles. The number of anilines is 1. The molecule has 0 spiro atoms. The molecule has 21 heavy (non-hydrogen) atoms. The highest BCUT2D eigenvalue weighted by Crippen LogP contribution is 2.21. The molecule has 4 nitrogen and oxygen atoms in total. The summed E-state index contributed by atoms with van der Waals surface area (Å²) in [6.07, 6.45) is 5.10. The maximum absolute atomic E-state index is 12.5. The van der Waals surface area contributed by atoms with Gasteiger partial charge in [-0.2, -0.15) is 0 Å². The van der Waals surface area contributed by atoms with E-state index in [0.29, 0.717) is 0 Å². The summed E-state index contributed by atoms with van der Waals surface area (Å²) in [6, 6.07) is 4.03. The zero-order valence-corrected chi connectivity index (χ0v) is 12.9. The summed E-state index contributed by atoms with van der Waals surface area (Å²) in [5.74, 6) is 1.84. The number of carbonyl (C=O) groups excluding carboxylic acids is 1. The Hall–Kier alpha value is -2.10. The van der Waals surface area contributed by atoms with Gasteiger partial charge in [-0.15, -0.1) is 0 Å². The average molecular weight is 283 g/mol. The first-order chi connectivity index (χ1) is 10.1. The van der Waals surface area contributed by atoms with Gasteiger partial charge in [-0.3, -0.25) is 4.79 Å². The molecular formula is C17H21N3O. The van der Waals surface area contributed by atoms with Crippen LogP contribution in [0.15, 0.2) is 18.3 Å². The van der Waals surface area contributed by atoms with E-state index in [-0.39, 0.29) is 5.91 Å². The first-order valence-electron chi connectivity index (χ1n) is 7.50. The standard InChI is InChI=1S/C17H21N3O/c1-11-8-13(3)14(9-12(11)2)17(21)19-16-10-18-15-6-4-5-7-20(15)16/h8-10H,4-7H2,1-3H3,(H,19,21). The molecule has 0 radical (unpaired) electrons. The number of aromatic nitrogens is 2. The maximum Gasteiger partial charge on any atom is 0.257 e. The van der Waals surface area contributed by atoms with Crippen LogP contribution in [0.3, 0.4) is 0 Å². The van der Waals surface area contributed by atoms with Gasteiger partial charge in [-0.05, 0) is 56.4 Å². The third-order valence-corrected chi connectivity index (χ3v) is 4.30. The van der Waals surface area contributed by atoms with Crippen LogP contribution in [0.25, 0.3) is 0 Å². The van der Waals surface area contributed by atoms with Crippen LogP contribution in [0.4, 0.5) is 5.82 Å². The van der Waals surface area contributed by atoms with Crippen LogP contribution in [0.1, 0.15) is 45.7 Å². The molecule has 0 saturated heterocycles. The topological polar surface area (TPSA) is 46.9 Å². The van der Waals surface area contributed by atoms with E-state index >= 15 is 0 Å². The van der Waals surface area contributed by atoms with E-state index < -0.39 is 0 Å². The SMILES string of the molecule is Cc1cc(C)c(C(=O)Nc2cnc3n2CCCC3)cc1C. The highest BCUT2D eigenvalue weighted by Gasteiger charge is 2.17. The summed E-state index contributed by atoms with van der Waals surface area (Å²) in [5.41, 5.74) is 4.10. The van der Waals surface area contributed by atoms with Crippen molar-refractivity contribution in [1.82, 2.24) is 9.55 Å². The second-order valence-electron chi connectivity index (χ2n) is 5.87. The summed E-state index contributed by atoms with van der Waals surface area (Å²) in [5, 5.41) is 3.02. The quantitative estimate of drug-likeness (QED) is 0.918. The first kappa shape index (κ1) is 13.9. The van der Waals surface area contributed by atoms with Crippen LogP contribution in [0.2, 0.25) is 0 Å². The van der Waals surface area contributed by atoms with E-state index in [1.165, 1.54) is 12.0 Å². The van der Waals surface area contributed by atoms with Gasteiger partial charge in [0.05, 0.1) is 6.20 Å². The molecule has 0 fully saturated rings. The van der Waals surface area contributed by atoms with E-state index in [9.17, 15) is 4.79 Å². The highest BCUT2D eigenvalue weighted by atomic mass is 16.1. The number of benzene rings is 1. The van der Waals surface area contributed by atoms with Gasteiger partial charge in [0.2, 0.25) is 0 Å². The fourth-order valence-corrected chi connectivity index (χ4v) is 2.90. The van der Waals surface area contributed by atoms with E-state index in [0.717, 1.165) is 47.7 Å². The molecule has 4 heteroatoms. The van der Waals surface area contributed by atoms with Gasteiger partial charge in [0.15, 0.2) is 0 Å². The van der Waals surface area contributed by atoms with Crippen molar-refractivity contribution in [3.8, 4) is 0 Å². The van der Waals surface area contributed by atoms with Crippen molar-refractivity contribution in [3.05, 3.63) is 46.4 Å². The Balaban J connectivity index is 1.87. The van der Waals surface area contributed by atoms with Crippen molar-refractivity contribution in [3.63, 3.8) is 0 Å². The van der Waals surface area contributed by atoms with Crippen molar-refractivity contribution in [2.45, 2.75) is 46.6 Å². The average Bonchev–Trinajstić information content (AvgIpc) is 2.86. The van der Waals surface area contributed by atoms with Crippen molar-refractivity contribution in [2.24, 2.45) is 0 Å². The van der Waals surface area contributed by atoms with Crippen molar-refractivity contribution in [2.75, 3.05) is 5.32 Å². The van der Waals surface area contributed by atoms with Crippen molar-refractivity contribution < 1.29 is 4.79 Å². The lowest BCUT2D eigenvalue weighted by Gasteiger charge is -2.17. The molecule has 1 aromatic heterocycles. The van der Waals surface area contributed by atoms with Crippen molar-refractivity contribution in [1.29, 1.82) is 0 Å². The molecule has 3 rings (SSSR count). The number of rotatable bonds is 2. The third-order valence-electron chi connectivity index (χ3n) is 4.30. The number of aryl methyl sites for hydroxylation is 4. The molecule has 1 aliphatic heterocycles. The second-order valence-corrected chi connectivity index (χ2v) is 5.87. The Kier molecular flexibility index (Phi) is 3.53. The lowest BCUT2D eigenvalue weighted by Crippen LogP contribution is -2.19. The number of amides is 1. The smallest absolute Gasteiger partial charge is 0.257 e. The molecule has 110 valence electrons. The molecule has 2 aromatic rings. The predicted molar refractivity (Wildman–Crippen MR) is 83.8 cm³/mol. The van der Waals surface area contributed by atoms with Crippen LogP contribution >= 0.6 is 0 Å². The lowest BCUT2D eigenvalue weighted by molar-refractivity contribution is 0.102. The fraction of sp³-hybridized carbons (Fsp3) is 0.412. The zero-order valence-electron chi connectivity index (χ0n) is 12.9. The minimum atomic E-state index is -0.0520. The number of imidazole rings is 1. The first-order valence-corrected chi connectivity index (χ1v) is 7.50. The molecule has 1 aliphatic rings. The van der Waals surface area contributed by atoms with Crippen LogP contribution in [0, 0.1) is 20.8 Å². The predicted octanol–water partition coefficient (Wildman–Crippen LogP) is 3.40. The molecule has 1 N–H and O–H groups in total. The normalized spacial score (nSPS) is 13.9. The van der Waals surface area contributed by atoms with Crippen LogP contribution in [0.5, 0.6) is 0 Å². The molecular weight excluding hydrogens is 262 g/mol. The summed E-state index contributed by atoms with van der Waals surface area (Å²) >= 11 is 0. The maximum atomic E-state index is 12.5. The molecule has 1 amide bonds. The van der Waals surface area contributed by atoms with E-state index in [1.807, 2.05) is 19.9 Å². The summed E-state index contributed by atoms with van der Waals surface area (Å²) in [7, 11) is 0. The molecule has 1 aromatic carbocycles. The van der Waals surface area contributed by atoms with Gasteiger partial charge in [0.1, 0.15) is 11.6 Å². The Morgan fingerprint density at radius 1 is 1.14 bits per heavy atom. The second kappa shape index (κ2) is 5.35. The number of hydrogen-bond donors (Lipinski definition) is 1. The highest BCUT2D eigenvalue weighted by molar-refractivity contribution is 6.05. The van der Waals surface area contributed by atoms with Gasteiger partial charge in [0.25, 0.3) is 5.91 Å². The van der Waals surface area contributed by atoms with Crippen LogP contribution in [-0.2, 0) is 13.0 Å². The monoisotopic (exact) mass is 283 g/mol. The van der Waals surface area contributed by atoms with Crippen molar-refractivity contribution >= 4 is 11.7 Å². The Morgan fingerprint density at radius 3 is 2.71 bits per heavy atom. The van der Waals surface area contributed by atoms with Gasteiger partial charge in [0, 0.05) is 18.5 Å². The number of fused-ring (bicyclic) bond motifs is 1. The molecule has 0 bridgehead atoms. The van der Waals surface area contributed by atoms with Gasteiger partial charge in [-0.1, -0.05) is 6.07 Å². The van der Waals surface area contributed by atoms with E-state index in [1.54, 1.807) is 6.20 Å². The molecule has 0 atom stereocenters. The molecule has 0 saturated carbocycles. The largest absolute Gasteiger partial charge is 0.315 e. The number of carbonyl (C=O) groups is 1. The van der Waals surface area contributed by atoms with E-state index in [2.05, 4.69) is 27.9 Å². The van der Waals surface area contributed by atoms with E-state index in [4.69, 9.17) is 0 Å². The summed E-state index contributed by atoms with van der Waals surface area (Å²) in [6.45, 7) is 7.02. The Morgan fingerprint density at radius 2 is 1.90 bits per heavy atom. The third kappa shape index (κ3) is 2.58. The summed E-state index contributed by atoms with van der Waals surface area (Å²) < 4.78 is 2.12. The van der Waals surface area contributed by atoms with Gasteiger partial charge < -0.3 is 9.88 Å². The number of nitrogens with zero attached hydrogens (tertiary/aromatic N) is 2. The zero-order chi connectivity index (χ0) is 15.0. The van der Waals surface area contributed by atoms with Gasteiger partial charge >= 0.3 is 0 Å². The number of nitrogens with one attached hydrogen (secondary N) is 1. The summed E-state index contributed by atoms with van der Waals surface area (Å²) in [4.78, 5) is 16.9. The minimum absolute atomic E-state index is 0.0520. The fourth-order valence-electron chi connectivity index (χ4n) is 2.90. The minimum Gasteiger partial charge on any atom is -0.315 e. The Bertz CT molecular complexity index is 700.